The molecule has 4 heteroatoms. The van der Waals surface area contributed by atoms with Crippen molar-refractivity contribution in [2.24, 2.45) is 5.92 Å². The highest BCUT2D eigenvalue weighted by Crippen LogP contribution is 2.55. The number of hydrogen-bond acceptors (Lipinski definition) is 4. The topological polar surface area (TPSA) is 32.5 Å². The second-order valence-electron chi connectivity index (χ2n) is 8.99. The van der Waals surface area contributed by atoms with Crippen LogP contribution in [-0.2, 0) is 0 Å². The maximum Gasteiger partial charge on any atom is 0.229 e. The molecule has 6 rings (SSSR count). The van der Waals surface area contributed by atoms with Gasteiger partial charge >= 0.3 is 0 Å². The smallest absolute Gasteiger partial charge is 0.229 e. The summed E-state index contributed by atoms with van der Waals surface area (Å²) in [6.45, 7) is 9.30. The fourth-order valence-corrected chi connectivity index (χ4v) is 5.77. The van der Waals surface area contributed by atoms with E-state index in [1.165, 1.54) is 16.9 Å². The zero-order chi connectivity index (χ0) is 20.6. The van der Waals surface area contributed by atoms with Crippen LogP contribution in [0.2, 0.25) is 0 Å². The molecule has 0 saturated heterocycles. The van der Waals surface area contributed by atoms with E-state index in [0.717, 1.165) is 34.3 Å². The first-order valence-electron chi connectivity index (χ1n) is 11.1. The molecule has 0 saturated carbocycles. The largest absolute Gasteiger partial charge is 0.438 e. The lowest BCUT2D eigenvalue weighted by atomic mass is 9.78. The number of aromatic nitrogens is 1. The molecule has 2 aliphatic heterocycles. The quantitative estimate of drug-likeness (QED) is 0.372. The normalized spacial score (nSPS) is 22.6. The second-order valence-corrected chi connectivity index (χ2v) is 8.99. The first-order chi connectivity index (χ1) is 14.6. The molecule has 0 amide bonds. The number of rotatable bonds is 2. The summed E-state index contributed by atoms with van der Waals surface area (Å²) in [5.74, 6) is 2.06. The van der Waals surface area contributed by atoms with Crippen LogP contribution in [0.15, 0.2) is 59.0 Å². The van der Waals surface area contributed by atoms with Crippen molar-refractivity contribution in [2.75, 3.05) is 9.80 Å². The molecule has 3 atom stereocenters. The molecular formula is C26H27N3O. The van der Waals surface area contributed by atoms with Gasteiger partial charge in [0.2, 0.25) is 5.71 Å². The third kappa shape index (κ3) is 2.19. The SMILES string of the molecule is CCC1C(C)c2ccccc2N2c3nc4oc5ccccc5c4cc3N(C(C)C)C12. The second kappa shape index (κ2) is 6.24. The van der Waals surface area contributed by atoms with E-state index < -0.39 is 0 Å². The molecular weight excluding hydrogens is 370 g/mol. The van der Waals surface area contributed by atoms with Crippen molar-refractivity contribution in [2.45, 2.75) is 52.2 Å². The Morgan fingerprint density at radius 2 is 1.77 bits per heavy atom. The minimum Gasteiger partial charge on any atom is -0.438 e. The Bertz CT molecular complexity index is 1270. The molecule has 152 valence electrons. The molecule has 0 radical (unpaired) electrons. The van der Waals surface area contributed by atoms with Crippen LogP contribution in [-0.4, -0.2) is 17.2 Å². The number of fused-ring (bicyclic) bond motifs is 8. The summed E-state index contributed by atoms with van der Waals surface area (Å²) in [6, 6.07) is 19.8. The lowest BCUT2D eigenvalue weighted by Gasteiger charge is -2.46. The van der Waals surface area contributed by atoms with E-state index in [-0.39, 0.29) is 6.17 Å². The van der Waals surface area contributed by atoms with Crippen molar-refractivity contribution in [3.8, 4) is 0 Å². The van der Waals surface area contributed by atoms with E-state index in [1.807, 2.05) is 12.1 Å². The fraction of sp³-hybridized carbons (Fsp3) is 0.346. The lowest BCUT2D eigenvalue weighted by Crippen LogP contribution is -2.53. The Labute approximate surface area is 177 Å². The van der Waals surface area contributed by atoms with Gasteiger partial charge in [-0.25, -0.2) is 0 Å². The van der Waals surface area contributed by atoms with Gasteiger partial charge in [0.25, 0.3) is 0 Å². The van der Waals surface area contributed by atoms with E-state index in [2.05, 4.69) is 80.0 Å². The van der Waals surface area contributed by atoms with Gasteiger partial charge in [0.05, 0.1) is 11.1 Å². The van der Waals surface area contributed by atoms with E-state index in [1.54, 1.807) is 0 Å². The van der Waals surface area contributed by atoms with Crippen LogP contribution in [0.3, 0.4) is 0 Å². The molecule has 4 aromatic rings. The van der Waals surface area contributed by atoms with Crippen molar-refractivity contribution in [1.82, 2.24) is 4.98 Å². The van der Waals surface area contributed by atoms with Crippen LogP contribution in [0, 0.1) is 5.92 Å². The molecule has 30 heavy (non-hydrogen) atoms. The molecule has 4 heterocycles. The van der Waals surface area contributed by atoms with Gasteiger partial charge in [-0.05, 0) is 49.9 Å². The molecule has 0 aliphatic carbocycles. The Morgan fingerprint density at radius 3 is 2.57 bits per heavy atom. The summed E-state index contributed by atoms with van der Waals surface area (Å²) >= 11 is 0. The average Bonchev–Trinajstić information content (AvgIpc) is 3.28. The summed E-state index contributed by atoms with van der Waals surface area (Å²) in [4.78, 5) is 10.2. The van der Waals surface area contributed by atoms with Crippen LogP contribution >= 0.6 is 0 Å². The highest BCUT2D eigenvalue weighted by Gasteiger charge is 2.49. The fourth-order valence-electron chi connectivity index (χ4n) is 5.77. The molecule has 4 nitrogen and oxygen atoms in total. The summed E-state index contributed by atoms with van der Waals surface area (Å²) < 4.78 is 6.16. The summed E-state index contributed by atoms with van der Waals surface area (Å²) in [7, 11) is 0. The minimum atomic E-state index is 0.278. The first kappa shape index (κ1) is 17.8. The van der Waals surface area contributed by atoms with Crippen molar-refractivity contribution in [1.29, 1.82) is 0 Å². The minimum absolute atomic E-state index is 0.278. The molecule has 2 aliphatic rings. The van der Waals surface area contributed by atoms with Crippen molar-refractivity contribution >= 4 is 39.3 Å². The monoisotopic (exact) mass is 397 g/mol. The molecule has 0 N–H and O–H groups in total. The third-order valence-corrected chi connectivity index (χ3v) is 7.13. The van der Waals surface area contributed by atoms with E-state index >= 15 is 0 Å². The predicted octanol–water partition coefficient (Wildman–Crippen LogP) is 6.82. The van der Waals surface area contributed by atoms with Crippen LogP contribution in [0.4, 0.5) is 17.2 Å². The maximum atomic E-state index is 6.16. The van der Waals surface area contributed by atoms with Crippen LogP contribution in [0.1, 0.15) is 45.6 Å². The van der Waals surface area contributed by atoms with Crippen LogP contribution in [0.25, 0.3) is 22.1 Å². The lowest BCUT2D eigenvalue weighted by molar-refractivity contribution is 0.322. The van der Waals surface area contributed by atoms with Gasteiger partial charge in [0.15, 0.2) is 5.82 Å². The van der Waals surface area contributed by atoms with Gasteiger partial charge in [-0.1, -0.05) is 50.2 Å². The van der Waals surface area contributed by atoms with Gasteiger partial charge in [-0.3, -0.25) is 0 Å². The number of para-hydroxylation sites is 2. The van der Waals surface area contributed by atoms with Gasteiger partial charge in [0, 0.05) is 23.0 Å². The number of hydrogen-bond donors (Lipinski definition) is 0. The number of pyridine rings is 1. The van der Waals surface area contributed by atoms with Gasteiger partial charge < -0.3 is 14.2 Å². The summed E-state index contributed by atoms with van der Waals surface area (Å²) in [5.41, 5.74) is 5.55. The Balaban J connectivity index is 1.67. The molecule has 0 spiro atoms. The van der Waals surface area contributed by atoms with Crippen molar-refractivity contribution < 1.29 is 4.42 Å². The highest BCUT2D eigenvalue weighted by molar-refractivity contribution is 6.06. The molecule has 2 aromatic heterocycles. The van der Waals surface area contributed by atoms with Crippen molar-refractivity contribution in [3.63, 3.8) is 0 Å². The van der Waals surface area contributed by atoms with E-state index in [9.17, 15) is 0 Å². The molecule has 0 fully saturated rings. The highest BCUT2D eigenvalue weighted by atomic mass is 16.3. The van der Waals surface area contributed by atoms with Gasteiger partial charge in [-0.2, -0.15) is 4.98 Å². The Hall–Kier alpha value is -3.01. The maximum absolute atomic E-state index is 6.16. The van der Waals surface area contributed by atoms with E-state index in [4.69, 9.17) is 9.40 Å². The van der Waals surface area contributed by atoms with Gasteiger partial charge in [0.1, 0.15) is 11.7 Å². The Morgan fingerprint density at radius 1 is 1.00 bits per heavy atom. The van der Waals surface area contributed by atoms with Gasteiger partial charge in [-0.15, -0.1) is 0 Å². The van der Waals surface area contributed by atoms with Crippen molar-refractivity contribution in [3.05, 3.63) is 60.2 Å². The molecule has 0 bridgehead atoms. The standard InChI is InChI=1S/C26H27N3O/c1-5-17-16(4)18-10-6-8-12-21(18)29-24-22(28(15(2)3)26(17)29)14-20-19-11-7-9-13-23(19)30-25(20)27-24/h6-17,26H,5H2,1-4H3. The number of furan rings is 1. The zero-order valence-corrected chi connectivity index (χ0v) is 18.0. The van der Waals surface area contributed by atoms with Crippen LogP contribution < -0.4 is 9.80 Å². The Kier molecular flexibility index (Phi) is 3.71. The summed E-state index contributed by atoms with van der Waals surface area (Å²) in [5, 5.41) is 2.24. The number of benzene rings is 2. The summed E-state index contributed by atoms with van der Waals surface area (Å²) in [6.07, 6.45) is 1.41. The third-order valence-electron chi connectivity index (χ3n) is 7.13. The number of anilines is 3. The molecule has 3 unspecified atom stereocenters. The molecule has 2 aromatic carbocycles. The van der Waals surface area contributed by atoms with Crippen LogP contribution in [0.5, 0.6) is 0 Å². The average molecular weight is 398 g/mol. The van der Waals surface area contributed by atoms with E-state index in [0.29, 0.717) is 17.9 Å². The predicted molar refractivity (Wildman–Crippen MR) is 124 cm³/mol. The first-order valence-corrected chi connectivity index (χ1v) is 11.1. The zero-order valence-electron chi connectivity index (χ0n) is 18.0. The number of nitrogens with zero attached hydrogens (tertiary/aromatic N) is 3.